The van der Waals surface area contributed by atoms with Gasteiger partial charge in [-0.05, 0) is 44.5 Å². The summed E-state index contributed by atoms with van der Waals surface area (Å²) in [6.07, 6.45) is 6.47. The number of rotatable bonds is 4. The summed E-state index contributed by atoms with van der Waals surface area (Å²) in [6.45, 7) is 5.05. The average Bonchev–Trinajstić information content (AvgIpc) is 3.19. The van der Waals surface area contributed by atoms with E-state index in [0.29, 0.717) is 12.5 Å². The molecule has 25 heavy (non-hydrogen) atoms. The average molecular weight is 339 g/mol. The number of hydrogen-bond donors (Lipinski definition) is 1. The minimum Gasteiger partial charge on any atom is -0.353 e. The molecule has 134 valence electrons. The van der Waals surface area contributed by atoms with Gasteiger partial charge in [0.2, 0.25) is 5.91 Å². The monoisotopic (exact) mass is 339 g/mol. The summed E-state index contributed by atoms with van der Waals surface area (Å²) in [4.78, 5) is 14.8. The van der Waals surface area contributed by atoms with Crippen LogP contribution in [-0.2, 0) is 24.3 Å². The molecule has 0 bridgehead atoms. The van der Waals surface area contributed by atoms with Crippen molar-refractivity contribution in [2.75, 3.05) is 13.6 Å². The Balaban J connectivity index is 1.57. The van der Waals surface area contributed by atoms with Crippen molar-refractivity contribution in [1.29, 1.82) is 0 Å². The molecule has 1 amide bonds. The van der Waals surface area contributed by atoms with Crippen LogP contribution < -0.4 is 5.32 Å². The van der Waals surface area contributed by atoms with E-state index in [2.05, 4.69) is 47.0 Å². The number of likely N-dealkylation sites (N-methyl/N-ethyl adjacent to an activating group) is 1. The first-order valence-corrected chi connectivity index (χ1v) is 9.70. The first-order valence-electron chi connectivity index (χ1n) is 9.70. The highest BCUT2D eigenvalue weighted by Gasteiger charge is 2.23. The maximum Gasteiger partial charge on any atom is 0.222 e. The van der Waals surface area contributed by atoms with Crippen LogP contribution in [0.15, 0.2) is 18.2 Å². The molecule has 2 heterocycles. The minimum absolute atomic E-state index is 0.211. The van der Waals surface area contributed by atoms with Crippen molar-refractivity contribution in [1.82, 2.24) is 14.8 Å². The lowest BCUT2D eigenvalue weighted by molar-refractivity contribution is -0.121. The molecule has 0 spiro atoms. The van der Waals surface area contributed by atoms with E-state index in [1.54, 1.807) is 0 Å². The van der Waals surface area contributed by atoms with Gasteiger partial charge in [-0.1, -0.05) is 24.5 Å². The highest BCUT2D eigenvalue weighted by atomic mass is 16.1. The summed E-state index contributed by atoms with van der Waals surface area (Å²) in [5, 5.41) is 4.60. The van der Waals surface area contributed by atoms with E-state index in [1.807, 2.05) is 0 Å². The first kappa shape index (κ1) is 16.6. The molecule has 1 aromatic heterocycles. The zero-order valence-corrected chi connectivity index (χ0v) is 15.5. The van der Waals surface area contributed by atoms with Gasteiger partial charge >= 0.3 is 0 Å². The predicted octanol–water partition coefficient (Wildman–Crippen LogP) is 3.39. The van der Waals surface area contributed by atoms with Crippen molar-refractivity contribution >= 4 is 16.8 Å². The summed E-state index contributed by atoms with van der Waals surface area (Å²) in [5.41, 5.74) is 5.50. The van der Waals surface area contributed by atoms with Crippen LogP contribution in [0.25, 0.3) is 10.9 Å². The Kier molecular flexibility index (Phi) is 4.55. The van der Waals surface area contributed by atoms with E-state index in [9.17, 15) is 4.79 Å². The normalized spacial score (nSPS) is 18.6. The zero-order valence-electron chi connectivity index (χ0n) is 15.5. The van der Waals surface area contributed by atoms with Crippen LogP contribution >= 0.6 is 0 Å². The zero-order chi connectivity index (χ0) is 17.4. The summed E-state index contributed by atoms with van der Waals surface area (Å²) >= 11 is 0. The molecule has 2 aliphatic rings. The molecule has 0 unspecified atom stereocenters. The van der Waals surface area contributed by atoms with Gasteiger partial charge < -0.3 is 14.8 Å². The standard InChI is InChI=1S/C21H29N3O/c1-15-7-8-19-17(13-15)18-14-23(2)11-9-20(18)24(19)12-10-21(25)22-16-5-3-4-6-16/h7-8,13,16H,3-6,9-12,14H2,1-2H3,(H,22,25). The van der Waals surface area contributed by atoms with Crippen LogP contribution in [-0.4, -0.2) is 35.0 Å². The first-order chi connectivity index (χ1) is 12.1. The molecule has 0 saturated heterocycles. The molecule has 4 nitrogen and oxygen atoms in total. The second kappa shape index (κ2) is 6.83. The van der Waals surface area contributed by atoms with Gasteiger partial charge in [0.1, 0.15) is 0 Å². The largest absolute Gasteiger partial charge is 0.353 e. The van der Waals surface area contributed by atoms with Crippen molar-refractivity contribution < 1.29 is 4.79 Å². The Morgan fingerprint density at radius 3 is 2.88 bits per heavy atom. The molecule has 1 saturated carbocycles. The number of amides is 1. The van der Waals surface area contributed by atoms with E-state index in [4.69, 9.17) is 0 Å². The van der Waals surface area contributed by atoms with Crippen molar-refractivity contribution in [3.8, 4) is 0 Å². The molecule has 1 aliphatic heterocycles. The molecule has 0 radical (unpaired) electrons. The number of nitrogens with zero attached hydrogens (tertiary/aromatic N) is 2. The third-order valence-corrected chi connectivity index (χ3v) is 5.88. The number of aryl methyl sites for hydroxylation is 2. The maximum absolute atomic E-state index is 12.4. The van der Waals surface area contributed by atoms with Gasteiger partial charge in [0.15, 0.2) is 0 Å². The quantitative estimate of drug-likeness (QED) is 0.927. The summed E-state index contributed by atoms with van der Waals surface area (Å²) in [5.74, 6) is 0.211. The Morgan fingerprint density at radius 1 is 1.28 bits per heavy atom. The van der Waals surface area contributed by atoms with Gasteiger partial charge in [0, 0.05) is 55.1 Å². The van der Waals surface area contributed by atoms with E-state index in [-0.39, 0.29) is 5.91 Å². The fourth-order valence-electron chi connectivity index (χ4n) is 4.54. The van der Waals surface area contributed by atoms with Crippen LogP contribution in [0.1, 0.15) is 48.9 Å². The highest BCUT2D eigenvalue weighted by Crippen LogP contribution is 2.31. The van der Waals surface area contributed by atoms with Gasteiger partial charge in [-0.2, -0.15) is 0 Å². The smallest absolute Gasteiger partial charge is 0.222 e. The molecule has 1 aliphatic carbocycles. The van der Waals surface area contributed by atoms with Gasteiger partial charge in [-0.3, -0.25) is 4.79 Å². The van der Waals surface area contributed by atoms with E-state index in [1.165, 1.54) is 40.6 Å². The second-order valence-electron chi connectivity index (χ2n) is 7.88. The number of aromatic nitrogens is 1. The fraction of sp³-hybridized carbons (Fsp3) is 0.571. The fourth-order valence-corrected chi connectivity index (χ4v) is 4.54. The molecule has 1 fully saturated rings. The van der Waals surface area contributed by atoms with Crippen LogP contribution in [0.5, 0.6) is 0 Å². The number of fused-ring (bicyclic) bond motifs is 3. The Bertz CT molecular complexity index is 786. The number of carbonyl (C=O) groups excluding carboxylic acids is 1. The molecule has 1 aromatic carbocycles. The Hall–Kier alpha value is -1.81. The molecule has 4 heteroatoms. The van der Waals surface area contributed by atoms with Crippen molar-refractivity contribution in [2.45, 2.75) is 64.6 Å². The predicted molar refractivity (Wildman–Crippen MR) is 102 cm³/mol. The van der Waals surface area contributed by atoms with E-state index >= 15 is 0 Å². The number of hydrogen-bond acceptors (Lipinski definition) is 2. The summed E-state index contributed by atoms with van der Waals surface area (Å²) < 4.78 is 2.41. The van der Waals surface area contributed by atoms with Crippen molar-refractivity contribution in [3.63, 3.8) is 0 Å². The van der Waals surface area contributed by atoms with Gasteiger partial charge in [0.25, 0.3) is 0 Å². The second-order valence-corrected chi connectivity index (χ2v) is 7.88. The SMILES string of the molecule is Cc1ccc2c(c1)c1c(n2CCC(=O)NC2CCCC2)CCN(C)C1. The van der Waals surface area contributed by atoms with Crippen LogP contribution in [0.4, 0.5) is 0 Å². The van der Waals surface area contributed by atoms with Crippen molar-refractivity contribution in [3.05, 3.63) is 35.0 Å². The third-order valence-electron chi connectivity index (χ3n) is 5.88. The molecular weight excluding hydrogens is 310 g/mol. The molecule has 4 rings (SSSR count). The maximum atomic E-state index is 12.4. The van der Waals surface area contributed by atoms with E-state index < -0.39 is 0 Å². The van der Waals surface area contributed by atoms with E-state index in [0.717, 1.165) is 38.9 Å². The molecular formula is C21H29N3O. The van der Waals surface area contributed by atoms with Crippen LogP contribution in [0.3, 0.4) is 0 Å². The van der Waals surface area contributed by atoms with Gasteiger partial charge in [-0.15, -0.1) is 0 Å². The minimum atomic E-state index is 0.211. The number of benzene rings is 1. The lowest BCUT2D eigenvalue weighted by Gasteiger charge is -2.24. The summed E-state index contributed by atoms with van der Waals surface area (Å²) in [7, 11) is 2.19. The third kappa shape index (κ3) is 3.32. The van der Waals surface area contributed by atoms with Gasteiger partial charge in [-0.25, -0.2) is 0 Å². The Morgan fingerprint density at radius 2 is 2.08 bits per heavy atom. The summed E-state index contributed by atoms with van der Waals surface area (Å²) in [6, 6.07) is 7.14. The van der Waals surface area contributed by atoms with Gasteiger partial charge in [0.05, 0.1) is 0 Å². The van der Waals surface area contributed by atoms with Crippen LogP contribution in [0, 0.1) is 6.92 Å². The topological polar surface area (TPSA) is 37.3 Å². The number of carbonyl (C=O) groups is 1. The molecule has 1 N–H and O–H groups in total. The van der Waals surface area contributed by atoms with Crippen molar-refractivity contribution in [2.24, 2.45) is 0 Å². The lowest BCUT2D eigenvalue weighted by Crippen LogP contribution is -2.33. The molecule has 2 aromatic rings. The lowest BCUT2D eigenvalue weighted by atomic mass is 10.0. The molecule has 0 atom stereocenters. The highest BCUT2D eigenvalue weighted by molar-refractivity contribution is 5.87. The van der Waals surface area contributed by atoms with Crippen LogP contribution in [0.2, 0.25) is 0 Å². The Labute approximate surface area is 150 Å². The number of nitrogens with one attached hydrogen (secondary N) is 1.